The molecule has 1 saturated heterocycles. The summed E-state index contributed by atoms with van der Waals surface area (Å²) >= 11 is 3.13. The predicted octanol–water partition coefficient (Wildman–Crippen LogP) is 2.13. The van der Waals surface area contributed by atoms with Crippen LogP contribution in [-0.2, 0) is 9.59 Å². The quantitative estimate of drug-likeness (QED) is 0.797. The van der Waals surface area contributed by atoms with Crippen LogP contribution in [0.15, 0.2) is 22.7 Å². The van der Waals surface area contributed by atoms with E-state index in [4.69, 9.17) is 0 Å². The predicted molar refractivity (Wildman–Crippen MR) is 86.0 cm³/mol. The van der Waals surface area contributed by atoms with E-state index in [1.807, 2.05) is 0 Å². The molecule has 1 atom stereocenters. The van der Waals surface area contributed by atoms with Gasteiger partial charge in [0.25, 0.3) is 0 Å². The number of amides is 2. The van der Waals surface area contributed by atoms with Crippen molar-refractivity contribution in [3.63, 3.8) is 0 Å². The second-order valence-corrected chi connectivity index (χ2v) is 6.13. The van der Waals surface area contributed by atoms with Gasteiger partial charge >= 0.3 is 11.8 Å². The summed E-state index contributed by atoms with van der Waals surface area (Å²) in [6, 6.07) is 4.49. The third-order valence-corrected chi connectivity index (χ3v) is 4.28. The summed E-state index contributed by atoms with van der Waals surface area (Å²) in [7, 11) is 0. The van der Waals surface area contributed by atoms with E-state index in [0.717, 1.165) is 25.9 Å². The molecule has 1 aliphatic heterocycles. The number of hydrogen-bond donors (Lipinski definition) is 2. The molecule has 0 spiro atoms. The Morgan fingerprint density at radius 2 is 2.18 bits per heavy atom. The summed E-state index contributed by atoms with van der Waals surface area (Å²) in [5.41, 5.74) is -0.0144. The standard InChI is InChI=1S/C15H19BrFN3O2/c1-2-20-7-3-4-11(20)9-18-14(21)15(22)19-13-6-5-10(16)8-12(13)17/h5-6,8,11H,2-4,7,9H2,1H3,(H,18,21)(H,19,22)/t11-/m0/s1. The van der Waals surface area contributed by atoms with Gasteiger partial charge in [0.1, 0.15) is 5.82 Å². The first kappa shape index (κ1) is 16.9. The molecule has 0 aliphatic carbocycles. The van der Waals surface area contributed by atoms with Gasteiger partial charge in [-0.3, -0.25) is 14.5 Å². The highest BCUT2D eigenvalue weighted by Gasteiger charge is 2.24. The lowest BCUT2D eigenvalue weighted by atomic mass is 10.2. The van der Waals surface area contributed by atoms with Gasteiger partial charge in [-0.15, -0.1) is 0 Å². The average molecular weight is 372 g/mol. The van der Waals surface area contributed by atoms with Crippen LogP contribution < -0.4 is 10.6 Å². The topological polar surface area (TPSA) is 61.4 Å². The van der Waals surface area contributed by atoms with E-state index in [0.29, 0.717) is 11.0 Å². The fourth-order valence-electron chi connectivity index (χ4n) is 2.60. The third kappa shape index (κ3) is 4.27. The Kier molecular flexibility index (Phi) is 5.90. The van der Waals surface area contributed by atoms with Crippen molar-refractivity contribution in [1.29, 1.82) is 0 Å². The molecule has 0 saturated carbocycles. The van der Waals surface area contributed by atoms with E-state index in [-0.39, 0.29) is 11.7 Å². The van der Waals surface area contributed by atoms with Gasteiger partial charge in [0.2, 0.25) is 0 Å². The van der Waals surface area contributed by atoms with Gasteiger partial charge in [0.15, 0.2) is 0 Å². The molecule has 1 heterocycles. The van der Waals surface area contributed by atoms with Gasteiger partial charge in [0.05, 0.1) is 5.69 Å². The molecule has 0 aromatic heterocycles. The van der Waals surface area contributed by atoms with Crippen LogP contribution in [0.25, 0.3) is 0 Å². The molecule has 2 amide bonds. The van der Waals surface area contributed by atoms with Gasteiger partial charge in [-0.05, 0) is 44.1 Å². The number of carbonyl (C=O) groups is 2. The van der Waals surface area contributed by atoms with E-state index in [9.17, 15) is 14.0 Å². The number of halogens is 2. The van der Waals surface area contributed by atoms with E-state index in [1.54, 1.807) is 6.07 Å². The summed E-state index contributed by atoms with van der Waals surface area (Å²) in [6.45, 7) is 4.45. The Bertz CT molecular complexity index is 568. The number of nitrogens with zero attached hydrogens (tertiary/aromatic N) is 1. The summed E-state index contributed by atoms with van der Waals surface area (Å²) in [5.74, 6) is -2.20. The second kappa shape index (κ2) is 7.69. The lowest BCUT2D eigenvalue weighted by molar-refractivity contribution is -0.136. The van der Waals surface area contributed by atoms with Crippen LogP contribution in [0, 0.1) is 5.82 Å². The van der Waals surface area contributed by atoms with Gasteiger partial charge in [-0.1, -0.05) is 22.9 Å². The normalized spacial score (nSPS) is 18.2. The number of likely N-dealkylation sites (N-methyl/N-ethyl adjacent to an activating group) is 1. The zero-order chi connectivity index (χ0) is 16.1. The van der Waals surface area contributed by atoms with Crippen molar-refractivity contribution in [3.8, 4) is 0 Å². The molecule has 7 heteroatoms. The number of anilines is 1. The van der Waals surface area contributed by atoms with E-state index in [2.05, 4.69) is 38.4 Å². The second-order valence-electron chi connectivity index (χ2n) is 5.21. The Morgan fingerprint density at radius 1 is 1.41 bits per heavy atom. The molecule has 120 valence electrons. The molecule has 2 N–H and O–H groups in total. The van der Waals surface area contributed by atoms with Gasteiger partial charge < -0.3 is 10.6 Å². The number of likely N-dealkylation sites (tertiary alicyclic amines) is 1. The first-order valence-corrected chi connectivity index (χ1v) is 8.09. The molecular formula is C15H19BrFN3O2. The Balaban J connectivity index is 1.85. The molecule has 1 aromatic carbocycles. The number of rotatable bonds is 4. The van der Waals surface area contributed by atoms with Crippen molar-refractivity contribution in [3.05, 3.63) is 28.5 Å². The Labute approximate surface area is 137 Å². The van der Waals surface area contributed by atoms with Gasteiger partial charge in [-0.25, -0.2) is 4.39 Å². The molecule has 1 aliphatic rings. The van der Waals surface area contributed by atoms with Crippen LogP contribution in [0.5, 0.6) is 0 Å². The van der Waals surface area contributed by atoms with Crippen molar-refractivity contribution >= 4 is 33.4 Å². The Morgan fingerprint density at radius 3 is 2.86 bits per heavy atom. The first-order valence-electron chi connectivity index (χ1n) is 7.29. The smallest absolute Gasteiger partial charge is 0.313 e. The monoisotopic (exact) mass is 371 g/mol. The molecule has 1 fully saturated rings. The molecular weight excluding hydrogens is 353 g/mol. The maximum Gasteiger partial charge on any atom is 0.313 e. The Hall–Kier alpha value is -1.47. The number of hydrogen-bond acceptors (Lipinski definition) is 3. The first-order chi connectivity index (χ1) is 10.5. The third-order valence-electron chi connectivity index (χ3n) is 3.79. The van der Waals surface area contributed by atoms with Crippen LogP contribution in [0.2, 0.25) is 0 Å². The highest BCUT2D eigenvalue weighted by molar-refractivity contribution is 9.10. The summed E-state index contributed by atoms with van der Waals surface area (Å²) < 4.78 is 14.2. The van der Waals surface area contributed by atoms with E-state index in [1.165, 1.54) is 12.1 Å². The lowest BCUT2D eigenvalue weighted by Gasteiger charge is -2.22. The largest absolute Gasteiger partial charge is 0.346 e. The zero-order valence-electron chi connectivity index (χ0n) is 12.4. The number of benzene rings is 1. The summed E-state index contributed by atoms with van der Waals surface area (Å²) in [4.78, 5) is 25.9. The molecule has 22 heavy (non-hydrogen) atoms. The SMILES string of the molecule is CCN1CCC[C@H]1CNC(=O)C(=O)Nc1ccc(Br)cc1F. The van der Waals surface area contributed by atoms with Gasteiger partial charge in [0, 0.05) is 17.1 Å². The molecule has 0 radical (unpaired) electrons. The maximum atomic E-state index is 13.6. The van der Waals surface area contributed by atoms with Crippen LogP contribution in [0.1, 0.15) is 19.8 Å². The van der Waals surface area contributed by atoms with Crippen molar-refractivity contribution in [2.75, 3.05) is 25.0 Å². The molecule has 1 aromatic rings. The average Bonchev–Trinajstić information content (AvgIpc) is 2.95. The zero-order valence-corrected chi connectivity index (χ0v) is 14.0. The van der Waals surface area contributed by atoms with Crippen LogP contribution in [0.4, 0.5) is 10.1 Å². The fraction of sp³-hybridized carbons (Fsp3) is 0.467. The molecule has 0 bridgehead atoms. The van der Waals surface area contributed by atoms with Crippen LogP contribution in [-0.4, -0.2) is 42.4 Å². The van der Waals surface area contributed by atoms with Crippen LogP contribution in [0.3, 0.4) is 0 Å². The van der Waals surface area contributed by atoms with Crippen molar-refractivity contribution in [2.24, 2.45) is 0 Å². The highest BCUT2D eigenvalue weighted by Crippen LogP contribution is 2.19. The summed E-state index contributed by atoms with van der Waals surface area (Å²) in [6.07, 6.45) is 2.11. The number of carbonyl (C=O) groups excluding carboxylic acids is 2. The van der Waals surface area contributed by atoms with Crippen molar-refractivity contribution in [2.45, 2.75) is 25.8 Å². The van der Waals surface area contributed by atoms with Crippen molar-refractivity contribution < 1.29 is 14.0 Å². The van der Waals surface area contributed by atoms with Crippen LogP contribution >= 0.6 is 15.9 Å². The van der Waals surface area contributed by atoms with E-state index >= 15 is 0 Å². The van der Waals surface area contributed by atoms with Gasteiger partial charge in [-0.2, -0.15) is 0 Å². The lowest BCUT2D eigenvalue weighted by Crippen LogP contribution is -2.43. The fourth-order valence-corrected chi connectivity index (χ4v) is 2.94. The van der Waals surface area contributed by atoms with E-state index < -0.39 is 17.6 Å². The molecule has 0 unspecified atom stereocenters. The highest BCUT2D eigenvalue weighted by atomic mass is 79.9. The molecule has 2 rings (SSSR count). The summed E-state index contributed by atoms with van der Waals surface area (Å²) in [5, 5.41) is 4.89. The minimum absolute atomic E-state index is 0.0144. The molecule has 5 nitrogen and oxygen atoms in total. The minimum atomic E-state index is -0.859. The minimum Gasteiger partial charge on any atom is -0.346 e. The maximum absolute atomic E-state index is 13.6. The number of nitrogens with one attached hydrogen (secondary N) is 2. The van der Waals surface area contributed by atoms with Crippen molar-refractivity contribution in [1.82, 2.24) is 10.2 Å².